The fraction of sp³-hybridized carbons (Fsp3) is 0.375. The number of ether oxygens (including phenoxy) is 4. The van der Waals surface area contributed by atoms with Crippen LogP contribution in [0.3, 0.4) is 0 Å². The fourth-order valence-corrected chi connectivity index (χ4v) is 4.91. The number of carbonyl (C=O) groups excluding carboxylic acids is 1. The van der Waals surface area contributed by atoms with Gasteiger partial charge in [0.1, 0.15) is 18.2 Å². The second-order valence-electron chi connectivity index (χ2n) is 8.39. The highest BCUT2D eigenvalue weighted by Gasteiger charge is 2.37. The zero-order chi connectivity index (χ0) is 20.2. The van der Waals surface area contributed by atoms with Gasteiger partial charge in [-0.2, -0.15) is 0 Å². The topological polar surface area (TPSA) is 57.2 Å². The Hall–Kier alpha value is -2.99. The van der Waals surface area contributed by atoms with Crippen molar-refractivity contribution in [1.29, 1.82) is 0 Å². The Morgan fingerprint density at radius 3 is 2.73 bits per heavy atom. The van der Waals surface area contributed by atoms with Crippen LogP contribution in [0.25, 0.3) is 6.08 Å². The van der Waals surface area contributed by atoms with Gasteiger partial charge in [0.25, 0.3) is 0 Å². The van der Waals surface area contributed by atoms with Crippen molar-refractivity contribution < 1.29 is 23.7 Å². The van der Waals surface area contributed by atoms with Crippen LogP contribution in [0.4, 0.5) is 0 Å². The molecule has 4 aliphatic rings. The number of fused-ring (bicyclic) bond motifs is 4. The Morgan fingerprint density at radius 1 is 1.03 bits per heavy atom. The monoisotopic (exact) mass is 405 g/mol. The van der Waals surface area contributed by atoms with Crippen LogP contribution in [0.1, 0.15) is 52.7 Å². The van der Waals surface area contributed by atoms with Crippen LogP contribution >= 0.6 is 0 Å². The quantitative estimate of drug-likeness (QED) is 0.689. The first-order valence-corrected chi connectivity index (χ1v) is 10.5. The van der Waals surface area contributed by atoms with Gasteiger partial charge in [-0.15, -0.1) is 0 Å². The van der Waals surface area contributed by atoms with Gasteiger partial charge < -0.3 is 18.9 Å². The summed E-state index contributed by atoms with van der Waals surface area (Å²) < 4.78 is 23.1. The van der Waals surface area contributed by atoms with Gasteiger partial charge in [-0.25, -0.2) is 0 Å². The third-order valence-electron chi connectivity index (χ3n) is 6.49. The predicted molar refractivity (Wildman–Crippen MR) is 110 cm³/mol. The van der Waals surface area contributed by atoms with E-state index >= 15 is 0 Å². The van der Waals surface area contributed by atoms with Gasteiger partial charge in [-0.1, -0.05) is 18.9 Å². The molecule has 6 nitrogen and oxygen atoms in total. The van der Waals surface area contributed by atoms with E-state index in [1.807, 2.05) is 31.2 Å². The molecule has 3 heterocycles. The number of nitrogens with zero attached hydrogens (tertiary/aromatic N) is 1. The number of Topliss-reactive ketones (excluding diaryl/α,β-unsaturated/α-hetero) is 1. The summed E-state index contributed by atoms with van der Waals surface area (Å²) in [5.41, 5.74) is 3.36. The lowest BCUT2D eigenvalue weighted by molar-refractivity contribution is 0.0567. The fourth-order valence-electron chi connectivity index (χ4n) is 4.91. The van der Waals surface area contributed by atoms with Gasteiger partial charge in [-0.05, 0) is 55.2 Å². The van der Waals surface area contributed by atoms with Crippen LogP contribution in [-0.2, 0) is 6.54 Å². The van der Waals surface area contributed by atoms with Crippen molar-refractivity contribution in [3.05, 3.63) is 52.3 Å². The number of benzene rings is 2. The number of rotatable bonds is 2. The highest BCUT2D eigenvalue weighted by atomic mass is 16.7. The molecule has 0 bridgehead atoms. The highest BCUT2D eigenvalue weighted by molar-refractivity contribution is 6.16. The Morgan fingerprint density at radius 2 is 1.87 bits per heavy atom. The van der Waals surface area contributed by atoms with Crippen LogP contribution in [0.2, 0.25) is 0 Å². The minimum absolute atomic E-state index is 0.0824. The van der Waals surface area contributed by atoms with Crippen LogP contribution in [0, 0.1) is 6.92 Å². The van der Waals surface area contributed by atoms with Gasteiger partial charge in [0.2, 0.25) is 12.6 Å². The summed E-state index contributed by atoms with van der Waals surface area (Å²) in [5, 5.41) is 0. The molecule has 1 saturated carbocycles. The molecule has 3 aliphatic heterocycles. The number of allylic oxidation sites excluding steroid dienone is 1. The van der Waals surface area contributed by atoms with Crippen molar-refractivity contribution in [3.63, 3.8) is 0 Å². The maximum Gasteiger partial charge on any atom is 0.232 e. The molecule has 154 valence electrons. The average Bonchev–Trinajstić information content (AvgIpc) is 3.49. The number of carbonyl (C=O) groups is 1. The zero-order valence-electron chi connectivity index (χ0n) is 16.9. The lowest BCUT2D eigenvalue weighted by Crippen LogP contribution is -2.39. The van der Waals surface area contributed by atoms with Gasteiger partial charge in [0.15, 0.2) is 17.3 Å². The van der Waals surface area contributed by atoms with E-state index in [1.54, 1.807) is 6.08 Å². The minimum atomic E-state index is -0.0824. The van der Waals surface area contributed by atoms with Crippen LogP contribution in [-0.4, -0.2) is 30.2 Å². The molecule has 0 spiro atoms. The largest absolute Gasteiger partial charge is 0.478 e. The van der Waals surface area contributed by atoms with Crippen molar-refractivity contribution in [2.75, 3.05) is 13.5 Å². The van der Waals surface area contributed by atoms with E-state index in [0.29, 0.717) is 41.3 Å². The zero-order valence-corrected chi connectivity index (χ0v) is 16.9. The van der Waals surface area contributed by atoms with E-state index in [1.165, 1.54) is 25.7 Å². The summed E-state index contributed by atoms with van der Waals surface area (Å²) >= 11 is 0. The molecular formula is C24H23NO5. The summed E-state index contributed by atoms with van der Waals surface area (Å²) in [6, 6.07) is 8.14. The third kappa shape index (κ3) is 2.78. The molecule has 0 aromatic heterocycles. The van der Waals surface area contributed by atoms with Gasteiger partial charge in [0, 0.05) is 12.6 Å². The normalized spacial score (nSPS) is 21.5. The summed E-state index contributed by atoms with van der Waals surface area (Å²) in [5.74, 6) is 3.14. The molecule has 2 aromatic rings. The molecule has 1 fully saturated rings. The van der Waals surface area contributed by atoms with Gasteiger partial charge in [0.05, 0.1) is 11.1 Å². The summed E-state index contributed by atoms with van der Waals surface area (Å²) in [7, 11) is 0. The smallest absolute Gasteiger partial charge is 0.232 e. The van der Waals surface area contributed by atoms with Crippen LogP contribution < -0.4 is 18.9 Å². The lowest BCUT2D eigenvalue weighted by Gasteiger charge is -2.34. The molecule has 6 rings (SSSR count). The maximum atomic E-state index is 13.2. The molecule has 0 atom stereocenters. The molecular weight excluding hydrogens is 382 g/mol. The van der Waals surface area contributed by atoms with Crippen LogP contribution in [0.5, 0.6) is 23.0 Å². The Labute approximate surface area is 175 Å². The average molecular weight is 405 g/mol. The van der Waals surface area contributed by atoms with Crippen molar-refractivity contribution in [3.8, 4) is 23.0 Å². The molecule has 30 heavy (non-hydrogen) atoms. The number of hydrogen-bond donors (Lipinski definition) is 0. The Balaban J connectivity index is 1.35. The predicted octanol–water partition coefficient (Wildman–Crippen LogP) is 4.43. The maximum absolute atomic E-state index is 13.2. The number of hydrogen-bond acceptors (Lipinski definition) is 6. The molecule has 0 amide bonds. The van der Waals surface area contributed by atoms with E-state index in [4.69, 9.17) is 18.9 Å². The Bertz CT molecular complexity index is 1080. The molecule has 6 heteroatoms. The van der Waals surface area contributed by atoms with Crippen molar-refractivity contribution in [2.24, 2.45) is 0 Å². The van der Waals surface area contributed by atoms with Gasteiger partial charge in [-0.3, -0.25) is 9.69 Å². The lowest BCUT2D eigenvalue weighted by atomic mass is 9.98. The summed E-state index contributed by atoms with van der Waals surface area (Å²) in [6.45, 7) is 3.52. The molecule has 0 saturated heterocycles. The molecule has 1 aliphatic carbocycles. The van der Waals surface area contributed by atoms with Crippen molar-refractivity contribution in [2.45, 2.75) is 45.2 Å². The standard InChI is InChI=1S/C24H23NO5/c1-14-8-19-17(11-25(12-27-19)16-4-2-3-5-16)24-22(14)23(26)21(30-24)10-15-6-7-18-20(9-15)29-13-28-18/h6-10,16H,2-5,11-13H2,1H3/b21-10-. The first-order valence-electron chi connectivity index (χ1n) is 10.5. The number of ketones is 1. The van der Waals surface area contributed by atoms with Crippen molar-refractivity contribution >= 4 is 11.9 Å². The van der Waals surface area contributed by atoms with Crippen LogP contribution in [0.15, 0.2) is 30.0 Å². The van der Waals surface area contributed by atoms with E-state index in [9.17, 15) is 4.79 Å². The van der Waals surface area contributed by atoms with E-state index in [0.717, 1.165) is 29.0 Å². The minimum Gasteiger partial charge on any atom is -0.478 e. The molecule has 0 radical (unpaired) electrons. The number of aryl methyl sites for hydroxylation is 1. The Kier molecular flexibility index (Phi) is 4.03. The summed E-state index contributed by atoms with van der Waals surface area (Å²) in [6.07, 6.45) is 6.74. The highest BCUT2D eigenvalue weighted by Crippen LogP contribution is 2.45. The summed E-state index contributed by atoms with van der Waals surface area (Å²) in [4.78, 5) is 15.5. The molecule has 0 N–H and O–H groups in total. The van der Waals surface area contributed by atoms with E-state index < -0.39 is 0 Å². The third-order valence-corrected chi connectivity index (χ3v) is 6.49. The molecule has 0 unspecified atom stereocenters. The second kappa shape index (κ2) is 6.77. The van der Waals surface area contributed by atoms with Gasteiger partial charge >= 0.3 is 0 Å². The molecule has 2 aromatic carbocycles. The van der Waals surface area contributed by atoms with E-state index in [-0.39, 0.29) is 12.6 Å². The van der Waals surface area contributed by atoms with E-state index in [2.05, 4.69) is 4.90 Å². The second-order valence-corrected chi connectivity index (χ2v) is 8.39. The van der Waals surface area contributed by atoms with Crippen molar-refractivity contribution in [1.82, 2.24) is 4.90 Å². The SMILES string of the molecule is Cc1cc2c(c3c1C(=O)/C(=C/c1ccc4c(c1)OCO4)O3)CN(C1CCCC1)CO2. The first kappa shape index (κ1) is 17.8. The first-order chi connectivity index (χ1) is 14.7.